The van der Waals surface area contributed by atoms with Crippen LogP contribution in [0.25, 0.3) is 0 Å². The second-order valence-corrected chi connectivity index (χ2v) is 6.25. The molecule has 1 saturated heterocycles. The number of rotatable bonds is 4. The van der Waals surface area contributed by atoms with Crippen LogP contribution in [0.5, 0.6) is 5.75 Å². The lowest BCUT2D eigenvalue weighted by molar-refractivity contribution is 0.0460. The van der Waals surface area contributed by atoms with E-state index < -0.39 is 0 Å². The number of hydrogen-bond acceptors (Lipinski definition) is 4. The minimum absolute atomic E-state index is 0.00277. The van der Waals surface area contributed by atoms with E-state index in [4.69, 9.17) is 4.74 Å². The largest absolute Gasteiger partial charge is 0.497 e. The number of amides is 1. The van der Waals surface area contributed by atoms with Crippen molar-refractivity contribution in [1.29, 1.82) is 0 Å². The molecule has 1 amide bonds. The number of benzene rings is 1. The summed E-state index contributed by atoms with van der Waals surface area (Å²) in [4.78, 5) is 26.4. The number of ether oxygens (including phenoxy) is 1. The van der Waals surface area contributed by atoms with Crippen LogP contribution in [0.2, 0.25) is 0 Å². The number of thiophene rings is 1. The topological polar surface area (TPSA) is 46.6 Å². The Hall–Kier alpha value is -2.14. The summed E-state index contributed by atoms with van der Waals surface area (Å²) in [5, 5.41) is 1.76. The second kappa shape index (κ2) is 5.93. The van der Waals surface area contributed by atoms with E-state index in [2.05, 4.69) is 0 Å². The molecule has 5 heteroatoms. The standard InChI is InChI=1S/C17H17NO3S/c1-11(19)16-9-13(10-22-16)17(20)18-7-6-15(18)12-4-3-5-14(8-12)21-2/h3-5,8-10,15H,6-7H2,1-2H3/t15-/m0/s1. The molecule has 0 N–H and O–H groups in total. The maximum absolute atomic E-state index is 12.6. The van der Waals surface area contributed by atoms with Gasteiger partial charge in [-0.25, -0.2) is 0 Å². The zero-order valence-electron chi connectivity index (χ0n) is 12.5. The van der Waals surface area contributed by atoms with Crippen LogP contribution >= 0.6 is 11.3 Å². The highest BCUT2D eigenvalue weighted by molar-refractivity contribution is 7.12. The average Bonchev–Trinajstić information content (AvgIpc) is 2.96. The fraction of sp³-hybridized carbons (Fsp3) is 0.294. The Labute approximate surface area is 133 Å². The van der Waals surface area contributed by atoms with Crippen molar-refractivity contribution in [3.05, 3.63) is 51.7 Å². The molecule has 1 aliphatic heterocycles. The molecule has 1 aromatic heterocycles. The Morgan fingerprint density at radius 3 is 2.73 bits per heavy atom. The lowest BCUT2D eigenvalue weighted by Gasteiger charge is -2.41. The Bertz CT molecular complexity index is 722. The van der Waals surface area contributed by atoms with Crippen molar-refractivity contribution in [3.8, 4) is 5.75 Å². The molecule has 0 spiro atoms. The van der Waals surface area contributed by atoms with E-state index in [0.717, 1.165) is 24.3 Å². The first kappa shape index (κ1) is 14.8. The quantitative estimate of drug-likeness (QED) is 0.811. The van der Waals surface area contributed by atoms with Crippen molar-refractivity contribution in [2.45, 2.75) is 19.4 Å². The number of ketones is 1. The van der Waals surface area contributed by atoms with Crippen LogP contribution in [0.15, 0.2) is 35.7 Å². The molecule has 0 unspecified atom stereocenters. The highest BCUT2D eigenvalue weighted by Crippen LogP contribution is 2.36. The highest BCUT2D eigenvalue weighted by Gasteiger charge is 2.34. The number of hydrogen-bond donors (Lipinski definition) is 0. The summed E-state index contributed by atoms with van der Waals surface area (Å²) in [6.45, 7) is 2.26. The van der Waals surface area contributed by atoms with Crippen molar-refractivity contribution >= 4 is 23.0 Å². The maximum atomic E-state index is 12.6. The van der Waals surface area contributed by atoms with Gasteiger partial charge in [0.25, 0.3) is 5.91 Å². The van der Waals surface area contributed by atoms with Crippen molar-refractivity contribution in [2.24, 2.45) is 0 Å². The Balaban J connectivity index is 1.79. The van der Waals surface area contributed by atoms with E-state index in [1.54, 1.807) is 18.6 Å². The summed E-state index contributed by atoms with van der Waals surface area (Å²) in [5.41, 5.74) is 1.68. The smallest absolute Gasteiger partial charge is 0.255 e. The van der Waals surface area contributed by atoms with Gasteiger partial charge in [0.05, 0.1) is 23.6 Å². The number of carbonyl (C=O) groups excluding carboxylic acids is 2. The molecular formula is C17H17NO3S. The Morgan fingerprint density at radius 2 is 2.14 bits per heavy atom. The van der Waals surface area contributed by atoms with Gasteiger partial charge in [-0.1, -0.05) is 12.1 Å². The normalized spacial score (nSPS) is 17.0. The minimum atomic E-state index is -0.0113. The van der Waals surface area contributed by atoms with Gasteiger partial charge in [-0.15, -0.1) is 11.3 Å². The van der Waals surface area contributed by atoms with E-state index in [1.807, 2.05) is 29.2 Å². The molecule has 114 valence electrons. The third-order valence-electron chi connectivity index (χ3n) is 3.95. The molecule has 2 aromatic rings. The number of Topliss-reactive ketones (excluding diaryl/α,β-unsaturated/α-hetero) is 1. The lowest BCUT2D eigenvalue weighted by atomic mass is 9.93. The lowest BCUT2D eigenvalue weighted by Crippen LogP contribution is -2.45. The van der Waals surface area contributed by atoms with Crippen molar-refractivity contribution in [2.75, 3.05) is 13.7 Å². The molecule has 0 aliphatic carbocycles. The predicted octanol–water partition coefficient (Wildman–Crippen LogP) is 3.55. The Kier molecular flexibility index (Phi) is 3.98. The van der Waals surface area contributed by atoms with Crippen LogP contribution in [0, 0.1) is 0 Å². The molecule has 4 nitrogen and oxygen atoms in total. The van der Waals surface area contributed by atoms with Gasteiger partial charge in [0.15, 0.2) is 5.78 Å². The molecule has 1 atom stereocenters. The molecule has 22 heavy (non-hydrogen) atoms. The summed E-state index contributed by atoms with van der Waals surface area (Å²) >= 11 is 1.32. The van der Waals surface area contributed by atoms with Crippen LogP contribution in [0.4, 0.5) is 0 Å². The van der Waals surface area contributed by atoms with Gasteiger partial charge in [-0.05, 0) is 37.1 Å². The van der Waals surface area contributed by atoms with Crippen molar-refractivity contribution in [1.82, 2.24) is 4.90 Å². The summed E-state index contributed by atoms with van der Waals surface area (Å²) in [5.74, 6) is 0.783. The number of methoxy groups -OCH3 is 1. The molecule has 3 rings (SSSR count). The van der Waals surface area contributed by atoms with E-state index in [1.165, 1.54) is 18.3 Å². The second-order valence-electron chi connectivity index (χ2n) is 5.34. The number of nitrogens with zero attached hydrogens (tertiary/aromatic N) is 1. The van der Waals surface area contributed by atoms with Crippen LogP contribution in [-0.2, 0) is 0 Å². The van der Waals surface area contributed by atoms with E-state index in [9.17, 15) is 9.59 Å². The summed E-state index contributed by atoms with van der Waals surface area (Å²) < 4.78 is 5.24. The molecule has 0 radical (unpaired) electrons. The van der Waals surface area contributed by atoms with Crippen LogP contribution in [0.1, 0.15) is 45.0 Å². The minimum Gasteiger partial charge on any atom is -0.497 e. The van der Waals surface area contributed by atoms with Gasteiger partial charge in [0.2, 0.25) is 0 Å². The molecule has 1 aromatic carbocycles. The zero-order chi connectivity index (χ0) is 15.7. The number of likely N-dealkylation sites (tertiary alicyclic amines) is 1. The first-order valence-corrected chi connectivity index (χ1v) is 8.02. The van der Waals surface area contributed by atoms with Gasteiger partial charge < -0.3 is 9.64 Å². The molecule has 1 aliphatic rings. The highest BCUT2D eigenvalue weighted by atomic mass is 32.1. The molecule has 2 heterocycles. The fourth-order valence-electron chi connectivity index (χ4n) is 2.62. The average molecular weight is 315 g/mol. The van der Waals surface area contributed by atoms with Crippen LogP contribution < -0.4 is 4.74 Å². The molecule has 0 saturated carbocycles. The third kappa shape index (κ3) is 2.64. The predicted molar refractivity (Wildman–Crippen MR) is 85.7 cm³/mol. The third-order valence-corrected chi connectivity index (χ3v) is 4.98. The Morgan fingerprint density at radius 1 is 1.32 bits per heavy atom. The monoisotopic (exact) mass is 315 g/mol. The van der Waals surface area contributed by atoms with Crippen molar-refractivity contribution < 1.29 is 14.3 Å². The first-order chi connectivity index (χ1) is 10.6. The summed E-state index contributed by atoms with van der Waals surface area (Å²) in [6, 6.07) is 9.60. The number of carbonyl (C=O) groups is 2. The van der Waals surface area contributed by atoms with Gasteiger partial charge in [-0.3, -0.25) is 9.59 Å². The molecule has 1 fully saturated rings. The fourth-order valence-corrected chi connectivity index (χ4v) is 3.41. The SMILES string of the molecule is COc1cccc([C@@H]2CCN2C(=O)c2csc(C(C)=O)c2)c1. The molecular weight excluding hydrogens is 298 g/mol. The van der Waals surface area contributed by atoms with Gasteiger partial charge in [-0.2, -0.15) is 0 Å². The maximum Gasteiger partial charge on any atom is 0.255 e. The summed E-state index contributed by atoms with van der Waals surface area (Å²) in [6.07, 6.45) is 0.947. The summed E-state index contributed by atoms with van der Waals surface area (Å²) in [7, 11) is 1.64. The first-order valence-electron chi connectivity index (χ1n) is 7.14. The van der Waals surface area contributed by atoms with Gasteiger partial charge in [0, 0.05) is 11.9 Å². The van der Waals surface area contributed by atoms with E-state index >= 15 is 0 Å². The zero-order valence-corrected chi connectivity index (χ0v) is 13.4. The van der Waals surface area contributed by atoms with Gasteiger partial charge in [0.1, 0.15) is 5.75 Å². The van der Waals surface area contributed by atoms with E-state index in [0.29, 0.717) is 10.4 Å². The van der Waals surface area contributed by atoms with E-state index in [-0.39, 0.29) is 17.7 Å². The van der Waals surface area contributed by atoms with Crippen molar-refractivity contribution in [3.63, 3.8) is 0 Å². The molecule has 0 bridgehead atoms. The van der Waals surface area contributed by atoms with Gasteiger partial charge >= 0.3 is 0 Å². The van der Waals surface area contributed by atoms with Crippen LogP contribution in [0.3, 0.4) is 0 Å². The van der Waals surface area contributed by atoms with Crippen LogP contribution in [-0.4, -0.2) is 30.2 Å².